The van der Waals surface area contributed by atoms with Crippen molar-refractivity contribution in [2.45, 2.75) is 38.9 Å². The van der Waals surface area contributed by atoms with Gasteiger partial charge in [-0.05, 0) is 50.6 Å². The highest BCUT2D eigenvalue weighted by molar-refractivity contribution is 9.10. The summed E-state index contributed by atoms with van der Waals surface area (Å²) in [7, 11) is 0. The molecule has 5 heteroatoms. The molecule has 0 saturated carbocycles. The third kappa shape index (κ3) is 3.44. The summed E-state index contributed by atoms with van der Waals surface area (Å²) in [6, 6.07) is 12.3. The highest BCUT2D eigenvalue weighted by Crippen LogP contribution is 2.33. The zero-order chi connectivity index (χ0) is 16.6. The molecule has 0 saturated heterocycles. The molecule has 1 aromatic heterocycles. The van der Waals surface area contributed by atoms with Crippen LogP contribution in [-0.4, -0.2) is 27.6 Å². The van der Waals surface area contributed by atoms with E-state index in [0.717, 1.165) is 22.3 Å². The molecule has 1 aromatic carbocycles. The lowest BCUT2D eigenvalue weighted by atomic mass is 10.00. The van der Waals surface area contributed by atoms with Gasteiger partial charge in [-0.25, -0.2) is 4.79 Å². The van der Waals surface area contributed by atoms with Gasteiger partial charge in [0.1, 0.15) is 0 Å². The molecule has 0 unspecified atom stereocenters. The lowest BCUT2D eigenvalue weighted by Gasteiger charge is -2.39. The number of urea groups is 1. The van der Waals surface area contributed by atoms with E-state index in [1.54, 1.807) is 0 Å². The second kappa shape index (κ2) is 6.04. The van der Waals surface area contributed by atoms with Crippen LogP contribution in [0.25, 0.3) is 0 Å². The molecule has 0 spiro atoms. The quantitative estimate of drug-likeness (QED) is 0.797. The van der Waals surface area contributed by atoms with E-state index in [2.05, 4.69) is 50.2 Å². The summed E-state index contributed by atoms with van der Waals surface area (Å²) >= 11 is 3.48. The molecular formula is C18H22BrN3O. The summed E-state index contributed by atoms with van der Waals surface area (Å²) in [4.78, 5) is 14.7. The predicted octanol–water partition coefficient (Wildman–Crippen LogP) is 4.16. The van der Waals surface area contributed by atoms with Crippen LogP contribution in [0.3, 0.4) is 0 Å². The Morgan fingerprint density at radius 1 is 1.17 bits per heavy atom. The third-order valence-corrected chi connectivity index (χ3v) is 4.50. The molecule has 0 fully saturated rings. The maximum atomic E-state index is 12.8. The third-order valence-electron chi connectivity index (χ3n) is 3.97. The minimum atomic E-state index is -0.249. The van der Waals surface area contributed by atoms with Crippen molar-refractivity contribution in [2.75, 3.05) is 6.54 Å². The predicted molar refractivity (Wildman–Crippen MR) is 95.4 cm³/mol. The lowest BCUT2D eigenvalue weighted by Crippen LogP contribution is -2.52. The van der Waals surface area contributed by atoms with Crippen LogP contribution < -0.4 is 5.32 Å². The van der Waals surface area contributed by atoms with Gasteiger partial charge in [0.15, 0.2) is 0 Å². The molecular weight excluding hydrogens is 354 g/mol. The largest absolute Gasteiger partial charge is 0.348 e. The molecule has 3 rings (SSSR count). The van der Waals surface area contributed by atoms with Gasteiger partial charge in [-0.15, -0.1) is 0 Å². The zero-order valence-corrected chi connectivity index (χ0v) is 15.3. The van der Waals surface area contributed by atoms with Gasteiger partial charge in [0, 0.05) is 35.0 Å². The Kier molecular flexibility index (Phi) is 4.23. The smallest absolute Gasteiger partial charge is 0.318 e. The fourth-order valence-corrected chi connectivity index (χ4v) is 3.25. The van der Waals surface area contributed by atoms with Gasteiger partial charge in [0.25, 0.3) is 0 Å². The number of rotatable bonds is 1. The Balaban J connectivity index is 1.98. The molecule has 1 aliphatic rings. The number of hydrogen-bond donors (Lipinski definition) is 1. The number of nitrogens with one attached hydrogen (secondary N) is 1. The Labute approximate surface area is 145 Å². The Bertz CT molecular complexity index is 700. The van der Waals surface area contributed by atoms with Crippen molar-refractivity contribution in [1.29, 1.82) is 0 Å². The summed E-state index contributed by atoms with van der Waals surface area (Å²) in [5, 5.41) is 3.09. The minimum absolute atomic E-state index is 0.0159. The molecule has 2 heterocycles. The number of halogens is 1. The maximum Gasteiger partial charge on any atom is 0.318 e. The standard InChI is InChI=1S/C18H22BrN3O/c1-18(2,3)20-17(23)22-12-11-21-10-4-5-15(21)16(22)13-6-8-14(19)9-7-13/h4-10,16H,11-12H2,1-3H3,(H,20,23)/t16-/m1/s1. The number of benzene rings is 1. The Morgan fingerprint density at radius 3 is 2.52 bits per heavy atom. The average molecular weight is 376 g/mol. The Hall–Kier alpha value is -1.75. The molecule has 0 aliphatic carbocycles. The van der Waals surface area contributed by atoms with Gasteiger partial charge in [0.2, 0.25) is 0 Å². The first-order valence-electron chi connectivity index (χ1n) is 7.84. The van der Waals surface area contributed by atoms with E-state index in [9.17, 15) is 4.79 Å². The highest BCUT2D eigenvalue weighted by Gasteiger charge is 2.33. The molecule has 2 amide bonds. The second-order valence-electron chi connectivity index (χ2n) is 6.95. The molecule has 0 radical (unpaired) electrons. The molecule has 2 aromatic rings. The van der Waals surface area contributed by atoms with Crippen molar-refractivity contribution in [1.82, 2.24) is 14.8 Å². The van der Waals surface area contributed by atoms with Gasteiger partial charge in [-0.3, -0.25) is 0 Å². The molecule has 23 heavy (non-hydrogen) atoms. The minimum Gasteiger partial charge on any atom is -0.348 e. The summed E-state index contributed by atoms with van der Waals surface area (Å²) in [5.74, 6) is 0. The van der Waals surface area contributed by atoms with Gasteiger partial charge in [-0.1, -0.05) is 28.1 Å². The van der Waals surface area contributed by atoms with Crippen LogP contribution in [0.4, 0.5) is 4.79 Å². The Morgan fingerprint density at radius 2 is 1.87 bits per heavy atom. The van der Waals surface area contributed by atoms with E-state index < -0.39 is 0 Å². The van der Waals surface area contributed by atoms with E-state index in [1.807, 2.05) is 43.9 Å². The second-order valence-corrected chi connectivity index (χ2v) is 7.87. The van der Waals surface area contributed by atoms with Crippen LogP contribution in [0.15, 0.2) is 47.1 Å². The topological polar surface area (TPSA) is 37.3 Å². The molecule has 1 N–H and O–H groups in total. The fraction of sp³-hybridized carbons (Fsp3) is 0.389. The normalized spacial score (nSPS) is 17.7. The van der Waals surface area contributed by atoms with Gasteiger partial charge < -0.3 is 14.8 Å². The molecule has 1 aliphatic heterocycles. The molecule has 1 atom stereocenters. The fourth-order valence-electron chi connectivity index (χ4n) is 2.99. The van der Waals surface area contributed by atoms with E-state index in [0.29, 0.717) is 6.54 Å². The van der Waals surface area contributed by atoms with Crippen LogP contribution in [-0.2, 0) is 6.54 Å². The first-order chi connectivity index (χ1) is 10.8. The van der Waals surface area contributed by atoms with Crippen molar-refractivity contribution >= 4 is 22.0 Å². The first kappa shape index (κ1) is 16.1. The van der Waals surface area contributed by atoms with Crippen molar-refractivity contribution in [3.05, 3.63) is 58.3 Å². The van der Waals surface area contributed by atoms with Crippen LogP contribution in [0, 0.1) is 0 Å². The number of hydrogen-bond acceptors (Lipinski definition) is 1. The highest BCUT2D eigenvalue weighted by atomic mass is 79.9. The van der Waals surface area contributed by atoms with Gasteiger partial charge in [0.05, 0.1) is 6.04 Å². The van der Waals surface area contributed by atoms with Gasteiger partial charge in [-0.2, -0.15) is 0 Å². The van der Waals surface area contributed by atoms with Gasteiger partial charge >= 0.3 is 6.03 Å². The SMILES string of the molecule is CC(C)(C)NC(=O)N1CCn2cccc2[C@H]1c1ccc(Br)cc1. The van der Waals surface area contributed by atoms with Crippen molar-refractivity contribution in [2.24, 2.45) is 0 Å². The number of amides is 2. The molecule has 4 nitrogen and oxygen atoms in total. The van der Waals surface area contributed by atoms with E-state index in [4.69, 9.17) is 0 Å². The van der Waals surface area contributed by atoms with Crippen LogP contribution in [0.1, 0.15) is 38.1 Å². The van der Waals surface area contributed by atoms with E-state index in [-0.39, 0.29) is 17.6 Å². The first-order valence-corrected chi connectivity index (χ1v) is 8.64. The zero-order valence-electron chi connectivity index (χ0n) is 13.7. The van der Waals surface area contributed by atoms with Crippen molar-refractivity contribution in [3.63, 3.8) is 0 Å². The summed E-state index contributed by atoms with van der Waals surface area (Å²) in [6.45, 7) is 7.54. The number of aromatic nitrogens is 1. The summed E-state index contributed by atoms with van der Waals surface area (Å²) in [6.07, 6.45) is 2.08. The molecule has 0 bridgehead atoms. The number of nitrogens with zero attached hydrogens (tertiary/aromatic N) is 2. The summed E-state index contributed by atoms with van der Waals surface area (Å²) < 4.78 is 3.27. The number of fused-ring (bicyclic) bond motifs is 1. The average Bonchev–Trinajstić information content (AvgIpc) is 2.93. The van der Waals surface area contributed by atoms with Crippen LogP contribution in [0.2, 0.25) is 0 Å². The monoisotopic (exact) mass is 375 g/mol. The number of carbonyl (C=O) groups excluding carboxylic acids is 1. The summed E-state index contributed by atoms with van der Waals surface area (Å²) in [5.41, 5.74) is 2.03. The van der Waals surface area contributed by atoms with Crippen molar-refractivity contribution < 1.29 is 4.79 Å². The molecule has 122 valence electrons. The number of carbonyl (C=O) groups is 1. The van der Waals surface area contributed by atoms with Crippen LogP contribution in [0.5, 0.6) is 0 Å². The van der Waals surface area contributed by atoms with E-state index in [1.165, 1.54) is 0 Å². The maximum absolute atomic E-state index is 12.8. The lowest BCUT2D eigenvalue weighted by molar-refractivity contribution is 0.161. The van der Waals surface area contributed by atoms with Crippen molar-refractivity contribution in [3.8, 4) is 0 Å². The van der Waals surface area contributed by atoms with E-state index >= 15 is 0 Å². The van der Waals surface area contributed by atoms with Crippen LogP contribution >= 0.6 is 15.9 Å².